The van der Waals surface area contributed by atoms with Gasteiger partial charge in [-0.15, -0.1) is 11.3 Å². The van der Waals surface area contributed by atoms with Crippen LogP contribution in [0.1, 0.15) is 47.8 Å². The summed E-state index contributed by atoms with van der Waals surface area (Å²) in [7, 11) is 0. The van der Waals surface area contributed by atoms with Gasteiger partial charge in [-0.05, 0) is 49.1 Å². The second-order valence-electron chi connectivity index (χ2n) is 6.22. The third kappa shape index (κ3) is 3.70. The highest BCUT2D eigenvalue weighted by atomic mass is 32.1. The fourth-order valence-electron chi connectivity index (χ4n) is 2.95. The van der Waals surface area contributed by atoms with Gasteiger partial charge in [0.1, 0.15) is 4.88 Å². The molecule has 0 unspecified atom stereocenters. The second kappa shape index (κ2) is 7.09. The molecule has 0 aliphatic heterocycles. The molecule has 120 valence electrons. The summed E-state index contributed by atoms with van der Waals surface area (Å²) in [5.74, 6) is 0.366. The lowest BCUT2D eigenvalue weighted by Crippen LogP contribution is -2.24. The average Bonchev–Trinajstić information content (AvgIpc) is 3.04. The summed E-state index contributed by atoms with van der Waals surface area (Å²) in [6.45, 7) is 4.25. The molecule has 1 aliphatic rings. The summed E-state index contributed by atoms with van der Waals surface area (Å²) in [5, 5.41) is 6.35. The van der Waals surface area contributed by atoms with E-state index in [0.29, 0.717) is 5.92 Å². The lowest BCUT2D eigenvalue weighted by Gasteiger charge is -2.19. The number of nitrogens with zero attached hydrogens (tertiary/aromatic N) is 1. The maximum Gasteiger partial charge on any atom is 0.282 e. The highest BCUT2D eigenvalue weighted by Crippen LogP contribution is 2.28. The Kier molecular flexibility index (Phi) is 4.91. The molecule has 2 aromatic rings. The molecule has 1 saturated carbocycles. The molecule has 1 heterocycles. The zero-order valence-electron chi connectivity index (χ0n) is 13.6. The Balaban J connectivity index is 1.77. The maximum absolute atomic E-state index is 12.5. The second-order valence-corrected chi connectivity index (χ2v) is 7.14. The average molecular weight is 326 g/mol. The van der Waals surface area contributed by atoms with Crippen molar-refractivity contribution in [2.45, 2.75) is 39.5 Å². The molecule has 1 atom stereocenters. The van der Waals surface area contributed by atoms with Crippen LogP contribution in [0.4, 0.5) is 0 Å². The Morgan fingerprint density at radius 2 is 2.00 bits per heavy atom. The van der Waals surface area contributed by atoms with Crippen LogP contribution in [0.5, 0.6) is 0 Å². The van der Waals surface area contributed by atoms with E-state index in [0.717, 1.165) is 28.1 Å². The first kappa shape index (κ1) is 15.9. The first-order chi connectivity index (χ1) is 11.1. The van der Waals surface area contributed by atoms with E-state index in [1.54, 1.807) is 0 Å². The molecule has 1 fully saturated rings. The Hall–Kier alpha value is -1.94. The lowest BCUT2D eigenvalue weighted by atomic mass is 9.89. The van der Waals surface area contributed by atoms with E-state index >= 15 is 0 Å². The maximum atomic E-state index is 12.5. The molecular weight excluding hydrogens is 304 g/mol. The fourth-order valence-corrected chi connectivity index (χ4v) is 3.76. The molecule has 0 spiro atoms. The quantitative estimate of drug-likeness (QED) is 0.791. The Bertz CT molecular complexity index is 715. The Morgan fingerprint density at radius 3 is 2.74 bits per heavy atom. The Morgan fingerprint density at radius 1 is 1.22 bits per heavy atom. The molecule has 0 bridgehead atoms. The molecule has 1 aromatic heterocycles. The van der Waals surface area contributed by atoms with Gasteiger partial charge in [-0.25, -0.2) is 5.43 Å². The van der Waals surface area contributed by atoms with Crippen LogP contribution >= 0.6 is 11.3 Å². The molecule has 1 amide bonds. The minimum absolute atomic E-state index is 0.110. The monoisotopic (exact) mass is 326 g/mol. The molecule has 3 nitrogen and oxygen atoms in total. The van der Waals surface area contributed by atoms with Gasteiger partial charge in [-0.3, -0.25) is 4.79 Å². The number of benzene rings is 1. The summed E-state index contributed by atoms with van der Waals surface area (Å²) in [5.41, 5.74) is 7.15. The predicted octanol–water partition coefficient (Wildman–Crippen LogP) is 5.02. The molecule has 4 heteroatoms. The van der Waals surface area contributed by atoms with E-state index in [-0.39, 0.29) is 5.91 Å². The van der Waals surface area contributed by atoms with Gasteiger partial charge in [0.25, 0.3) is 5.91 Å². The van der Waals surface area contributed by atoms with Crippen LogP contribution in [0.25, 0.3) is 11.1 Å². The number of thiophene rings is 1. The van der Waals surface area contributed by atoms with E-state index in [2.05, 4.69) is 48.6 Å². The number of aryl methyl sites for hydroxylation is 1. The number of nitrogens with one attached hydrogen (secondary N) is 1. The van der Waals surface area contributed by atoms with Gasteiger partial charge in [-0.1, -0.05) is 43.2 Å². The van der Waals surface area contributed by atoms with Gasteiger partial charge in [0.05, 0.1) is 0 Å². The van der Waals surface area contributed by atoms with Crippen LogP contribution in [-0.2, 0) is 0 Å². The minimum Gasteiger partial charge on any atom is -0.266 e. The molecule has 1 N–H and O–H groups in total. The Labute approximate surface area is 141 Å². The van der Waals surface area contributed by atoms with E-state index in [1.807, 2.05) is 11.4 Å². The van der Waals surface area contributed by atoms with Crippen molar-refractivity contribution in [1.29, 1.82) is 0 Å². The third-order valence-electron chi connectivity index (χ3n) is 4.42. The highest BCUT2D eigenvalue weighted by molar-refractivity contribution is 7.12. The van der Waals surface area contributed by atoms with Crippen LogP contribution in [0, 0.1) is 12.8 Å². The number of amides is 1. The van der Waals surface area contributed by atoms with Crippen LogP contribution in [0.2, 0.25) is 0 Å². The standard InChI is InChI=1S/C19H22N2OS/c1-13-7-9-15(10-8-13)16-11-12-23-18(16)19(22)21-20-17-6-4-3-5-14(17)2/h7-12,14H,3-6H2,1-2H3,(H,21,22)/t14-/m0/s1. The van der Waals surface area contributed by atoms with Crippen LogP contribution in [0.3, 0.4) is 0 Å². The molecule has 1 aliphatic carbocycles. The first-order valence-corrected chi connectivity index (χ1v) is 9.04. The van der Waals surface area contributed by atoms with Crippen LogP contribution in [-0.4, -0.2) is 11.6 Å². The van der Waals surface area contributed by atoms with Crippen molar-refractivity contribution in [3.05, 3.63) is 46.2 Å². The van der Waals surface area contributed by atoms with Crippen molar-refractivity contribution in [1.82, 2.24) is 5.43 Å². The summed E-state index contributed by atoms with van der Waals surface area (Å²) in [4.78, 5) is 13.2. The SMILES string of the molecule is Cc1ccc(-c2ccsc2C(=O)NN=C2CCCC[C@@H]2C)cc1. The van der Waals surface area contributed by atoms with E-state index < -0.39 is 0 Å². The summed E-state index contributed by atoms with van der Waals surface area (Å²) in [6, 6.07) is 10.3. The van der Waals surface area contributed by atoms with Crippen molar-refractivity contribution in [2.24, 2.45) is 11.0 Å². The van der Waals surface area contributed by atoms with Gasteiger partial charge in [0.15, 0.2) is 0 Å². The molecule has 1 aromatic carbocycles. The number of carbonyl (C=O) groups is 1. The van der Waals surface area contributed by atoms with Gasteiger partial charge in [0.2, 0.25) is 0 Å². The summed E-state index contributed by atoms with van der Waals surface area (Å²) < 4.78 is 0. The van der Waals surface area contributed by atoms with Crippen LogP contribution < -0.4 is 5.43 Å². The topological polar surface area (TPSA) is 41.5 Å². The zero-order chi connectivity index (χ0) is 16.2. The number of carbonyl (C=O) groups excluding carboxylic acids is 1. The van der Waals surface area contributed by atoms with Crippen molar-refractivity contribution in [2.75, 3.05) is 0 Å². The number of hydrazone groups is 1. The number of hydrogen-bond acceptors (Lipinski definition) is 3. The van der Waals surface area contributed by atoms with Crippen LogP contribution in [0.15, 0.2) is 40.8 Å². The smallest absolute Gasteiger partial charge is 0.266 e. The van der Waals surface area contributed by atoms with E-state index in [4.69, 9.17) is 0 Å². The number of hydrogen-bond donors (Lipinski definition) is 1. The van der Waals surface area contributed by atoms with E-state index in [1.165, 1.54) is 36.2 Å². The highest BCUT2D eigenvalue weighted by Gasteiger charge is 2.18. The molecule has 23 heavy (non-hydrogen) atoms. The number of rotatable bonds is 3. The molecule has 0 saturated heterocycles. The van der Waals surface area contributed by atoms with Gasteiger partial charge < -0.3 is 0 Å². The van der Waals surface area contributed by atoms with Crippen molar-refractivity contribution in [3.8, 4) is 11.1 Å². The summed E-state index contributed by atoms with van der Waals surface area (Å²) in [6.07, 6.45) is 4.60. The minimum atomic E-state index is -0.110. The lowest BCUT2D eigenvalue weighted by molar-refractivity contribution is 0.0959. The first-order valence-electron chi connectivity index (χ1n) is 8.16. The van der Waals surface area contributed by atoms with Gasteiger partial charge in [-0.2, -0.15) is 5.10 Å². The third-order valence-corrected chi connectivity index (χ3v) is 5.34. The predicted molar refractivity (Wildman–Crippen MR) is 97.0 cm³/mol. The fraction of sp³-hybridized carbons (Fsp3) is 0.368. The molecule has 3 rings (SSSR count). The van der Waals surface area contributed by atoms with E-state index in [9.17, 15) is 4.79 Å². The largest absolute Gasteiger partial charge is 0.282 e. The normalized spacial score (nSPS) is 19.7. The van der Waals surface area contributed by atoms with Gasteiger partial charge in [0, 0.05) is 11.3 Å². The van der Waals surface area contributed by atoms with Crippen molar-refractivity contribution >= 4 is 23.0 Å². The van der Waals surface area contributed by atoms with Crippen molar-refractivity contribution in [3.63, 3.8) is 0 Å². The molecule has 0 radical (unpaired) electrons. The van der Waals surface area contributed by atoms with Gasteiger partial charge >= 0.3 is 0 Å². The molecular formula is C19H22N2OS. The zero-order valence-corrected chi connectivity index (χ0v) is 14.5. The summed E-state index contributed by atoms with van der Waals surface area (Å²) >= 11 is 1.46. The van der Waals surface area contributed by atoms with Crippen molar-refractivity contribution < 1.29 is 4.79 Å².